The van der Waals surface area contributed by atoms with Gasteiger partial charge in [0.05, 0.1) is 30.0 Å². The molecule has 1 aromatic rings. The first-order chi connectivity index (χ1) is 9.97. The zero-order valence-corrected chi connectivity index (χ0v) is 11.9. The third kappa shape index (κ3) is 4.15. The van der Waals surface area contributed by atoms with E-state index >= 15 is 0 Å². The first kappa shape index (κ1) is 15.7. The van der Waals surface area contributed by atoms with Crippen LogP contribution in [0.15, 0.2) is 18.2 Å². The number of hydrogen-bond acceptors (Lipinski definition) is 3. The van der Waals surface area contributed by atoms with Crippen LogP contribution in [0.1, 0.15) is 24.4 Å². The molecule has 1 aliphatic heterocycles. The highest BCUT2D eigenvalue weighted by molar-refractivity contribution is 6.30. The molecule has 2 rings (SSSR count). The Morgan fingerprint density at radius 3 is 2.86 bits per heavy atom. The first-order valence-corrected chi connectivity index (χ1v) is 6.90. The summed E-state index contributed by atoms with van der Waals surface area (Å²) in [5.74, 6) is -2.31. The largest absolute Gasteiger partial charge is 0.481 e. The molecule has 0 saturated carbocycles. The predicted molar refractivity (Wildman–Crippen MR) is 73.5 cm³/mol. The van der Waals surface area contributed by atoms with Gasteiger partial charge in [-0.25, -0.2) is 4.39 Å². The Kier molecular flexibility index (Phi) is 5.14. The van der Waals surface area contributed by atoms with Crippen molar-refractivity contribution in [3.8, 4) is 0 Å². The maximum absolute atomic E-state index is 13.5. The van der Waals surface area contributed by atoms with Crippen LogP contribution in [0, 0.1) is 11.7 Å². The first-order valence-electron chi connectivity index (χ1n) is 6.52. The molecular formula is C14H15ClFNO4. The molecule has 1 aromatic carbocycles. The SMILES string of the molecule is O=C(O)C[C@H](NC(=O)[C@@H]1CCOC1)c1ccc(Cl)c(F)c1. The second kappa shape index (κ2) is 6.87. The van der Waals surface area contributed by atoms with Crippen molar-refractivity contribution in [2.75, 3.05) is 13.2 Å². The minimum absolute atomic E-state index is 0.0525. The van der Waals surface area contributed by atoms with Crippen molar-refractivity contribution in [1.29, 1.82) is 0 Å². The second-order valence-corrected chi connectivity index (χ2v) is 5.30. The Labute approximate surface area is 126 Å². The molecule has 2 atom stereocenters. The lowest BCUT2D eigenvalue weighted by atomic mass is 10.0. The number of carbonyl (C=O) groups excluding carboxylic acids is 1. The minimum Gasteiger partial charge on any atom is -0.481 e. The quantitative estimate of drug-likeness (QED) is 0.873. The fraction of sp³-hybridized carbons (Fsp3) is 0.429. The van der Waals surface area contributed by atoms with Gasteiger partial charge < -0.3 is 15.2 Å². The van der Waals surface area contributed by atoms with Crippen LogP contribution in [0.3, 0.4) is 0 Å². The van der Waals surface area contributed by atoms with Crippen molar-refractivity contribution in [1.82, 2.24) is 5.32 Å². The number of aliphatic carboxylic acids is 1. The number of carboxylic acids is 1. The van der Waals surface area contributed by atoms with Crippen LogP contribution in [-0.2, 0) is 14.3 Å². The molecule has 114 valence electrons. The summed E-state index contributed by atoms with van der Waals surface area (Å²) in [6.07, 6.45) is 0.265. The van der Waals surface area contributed by atoms with Crippen LogP contribution in [0.4, 0.5) is 4.39 Å². The third-order valence-electron chi connectivity index (χ3n) is 3.34. The van der Waals surface area contributed by atoms with Gasteiger partial charge in [-0.3, -0.25) is 9.59 Å². The van der Waals surface area contributed by atoms with Crippen molar-refractivity contribution in [2.24, 2.45) is 5.92 Å². The molecular weight excluding hydrogens is 301 g/mol. The van der Waals surface area contributed by atoms with Gasteiger partial charge in [0.15, 0.2) is 0 Å². The van der Waals surface area contributed by atoms with Gasteiger partial charge in [0.1, 0.15) is 5.82 Å². The molecule has 2 N–H and O–H groups in total. The summed E-state index contributed by atoms with van der Waals surface area (Å²) in [4.78, 5) is 23.0. The van der Waals surface area contributed by atoms with Crippen LogP contribution in [0.2, 0.25) is 5.02 Å². The molecule has 21 heavy (non-hydrogen) atoms. The molecule has 0 spiro atoms. The molecule has 5 nitrogen and oxygen atoms in total. The Balaban J connectivity index is 2.14. The topological polar surface area (TPSA) is 75.6 Å². The summed E-state index contributed by atoms with van der Waals surface area (Å²) in [6, 6.07) is 3.18. The van der Waals surface area contributed by atoms with Gasteiger partial charge in [-0.2, -0.15) is 0 Å². The maximum Gasteiger partial charge on any atom is 0.305 e. The predicted octanol–water partition coefficient (Wildman–Crippen LogP) is 2.15. The minimum atomic E-state index is -1.08. The second-order valence-electron chi connectivity index (χ2n) is 4.89. The summed E-state index contributed by atoms with van der Waals surface area (Å²) in [5, 5.41) is 11.5. The standard InChI is InChI=1S/C14H15ClFNO4/c15-10-2-1-8(5-11(10)16)12(6-13(18)19)17-14(20)9-3-4-21-7-9/h1-2,5,9,12H,3-4,6-7H2,(H,17,20)(H,18,19)/t9-,12+/m1/s1. The van der Waals surface area contributed by atoms with Gasteiger partial charge in [0.25, 0.3) is 0 Å². The summed E-state index contributed by atoms with van der Waals surface area (Å²) in [7, 11) is 0. The van der Waals surface area contributed by atoms with E-state index in [1.165, 1.54) is 12.1 Å². The smallest absolute Gasteiger partial charge is 0.305 e. The molecule has 0 aromatic heterocycles. The summed E-state index contributed by atoms with van der Waals surface area (Å²) < 4.78 is 18.6. The number of carbonyl (C=O) groups is 2. The molecule has 0 unspecified atom stereocenters. The maximum atomic E-state index is 13.5. The van der Waals surface area contributed by atoms with E-state index in [0.717, 1.165) is 6.07 Å². The van der Waals surface area contributed by atoms with Gasteiger partial charge in [-0.1, -0.05) is 17.7 Å². The number of halogens is 2. The lowest BCUT2D eigenvalue weighted by Crippen LogP contribution is -2.35. The lowest BCUT2D eigenvalue weighted by molar-refractivity contribution is -0.138. The number of rotatable bonds is 5. The van der Waals surface area contributed by atoms with Crippen LogP contribution < -0.4 is 5.32 Å². The molecule has 1 amide bonds. The van der Waals surface area contributed by atoms with Gasteiger partial charge in [0, 0.05) is 6.61 Å². The molecule has 1 heterocycles. The Hall–Kier alpha value is -1.66. The van der Waals surface area contributed by atoms with E-state index in [1.54, 1.807) is 0 Å². The van der Waals surface area contributed by atoms with Gasteiger partial charge in [0.2, 0.25) is 5.91 Å². The molecule has 1 fully saturated rings. The van der Waals surface area contributed by atoms with E-state index in [-0.39, 0.29) is 23.3 Å². The normalized spacial score (nSPS) is 19.2. The number of nitrogens with one attached hydrogen (secondary N) is 1. The van der Waals surface area contributed by atoms with E-state index < -0.39 is 17.8 Å². The van der Waals surface area contributed by atoms with Crippen molar-refractivity contribution in [3.63, 3.8) is 0 Å². The van der Waals surface area contributed by atoms with Gasteiger partial charge in [-0.15, -0.1) is 0 Å². The monoisotopic (exact) mass is 315 g/mol. The number of amides is 1. The summed E-state index contributed by atoms with van der Waals surface area (Å²) in [5.41, 5.74) is 0.367. The average molecular weight is 316 g/mol. The number of benzene rings is 1. The van der Waals surface area contributed by atoms with E-state index in [9.17, 15) is 14.0 Å². The zero-order valence-electron chi connectivity index (χ0n) is 11.1. The van der Waals surface area contributed by atoms with E-state index in [1.807, 2.05) is 0 Å². The molecule has 1 aliphatic rings. The van der Waals surface area contributed by atoms with Gasteiger partial charge >= 0.3 is 5.97 Å². The fourth-order valence-electron chi connectivity index (χ4n) is 2.19. The van der Waals surface area contributed by atoms with E-state index in [2.05, 4.69) is 5.32 Å². The molecule has 7 heteroatoms. The number of carboxylic acid groups (broad SMARTS) is 1. The van der Waals surface area contributed by atoms with Crippen molar-refractivity contribution in [3.05, 3.63) is 34.6 Å². The fourth-order valence-corrected chi connectivity index (χ4v) is 2.30. The molecule has 0 radical (unpaired) electrons. The van der Waals surface area contributed by atoms with Crippen molar-refractivity contribution in [2.45, 2.75) is 18.9 Å². The van der Waals surface area contributed by atoms with E-state index in [0.29, 0.717) is 25.2 Å². The summed E-state index contributed by atoms with van der Waals surface area (Å²) >= 11 is 5.61. The lowest BCUT2D eigenvalue weighted by Gasteiger charge is -2.19. The Morgan fingerprint density at radius 2 is 2.29 bits per heavy atom. The van der Waals surface area contributed by atoms with Crippen molar-refractivity contribution < 1.29 is 23.8 Å². The Bertz CT molecular complexity index is 546. The number of ether oxygens (including phenoxy) is 1. The van der Waals surface area contributed by atoms with Crippen LogP contribution in [-0.4, -0.2) is 30.2 Å². The molecule has 0 bridgehead atoms. The van der Waals surface area contributed by atoms with Gasteiger partial charge in [-0.05, 0) is 24.1 Å². The highest BCUT2D eigenvalue weighted by Gasteiger charge is 2.27. The summed E-state index contributed by atoms with van der Waals surface area (Å²) in [6.45, 7) is 0.831. The van der Waals surface area contributed by atoms with Crippen molar-refractivity contribution >= 4 is 23.5 Å². The Morgan fingerprint density at radius 1 is 1.52 bits per heavy atom. The molecule has 1 saturated heterocycles. The number of hydrogen-bond donors (Lipinski definition) is 2. The third-order valence-corrected chi connectivity index (χ3v) is 3.65. The van der Waals surface area contributed by atoms with Crippen LogP contribution >= 0.6 is 11.6 Å². The molecule has 0 aliphatic carbocycles. The van der Waals surface area contributed by atoms with Crippen LogP contribution in [0.5, 0.6) is 0 Å². The average Bonchev–Trinajstić information content (AvgIpc) is 2.94. The highest BCUT2D eigenvalue weighted by Crippen LogP contribution is 2.23. The van der Waals surface area contributed by atoms with Crippen LogP contribution in [0.25, 0.3) is 0 Å². The highest BCUT2D eigenvalue weighted by atomic mass is 35.5. The zero-order chi connectivity index (χ0) is 15.4. The van der Waals surface area contributed by atoms with E-state index in [4.69, 9.17) is 21.4 Å².